The molecule has 0 radical (unpaired) electrons. The first-order valence-corrected chi connectivity index (χ1v) is 4.66. The summed E-state index contributed by atoms with van der Waals surface area (Å²) in [6.45, 7) is 0. The van der Waals surface area contributed by atoms with Crippen LogP contribution in [0.3, 0.4) is 0 Å². The summed E-state index contributed by atoms with van der Waals surface area (Å²) in [5.41, 5.74) is 0. The van der Waals surface area contributed by atoms with Gasteiger partial charge >= 0.3 is 11.9 Å². The Morgan fingerprint density at radius 2 is 1.57 bits per heavy atom. The van der Waals surface area contributed by atoms with Crippen LogP contribution in [0.5, 0.6) is 0 Å². The Hall–Kier alpha value is -1.10. The van der Waals surface area contributed by atoms with Crippen molar-refractivity contribution >= 4 is 11.9 Å². The molecule has 14 heavy (non-hydrogen) atoms. The molecule has 0 aliphatic heterocycles. The molecule has 2 fully saturated rings. The van der Waals surface area contributed by atoms with Gasteiger partial charge in [0.05, 0.1) is 17.9 Å². The lowest BCUT2D eigenvalue weighted by Gasteiger charge is -2.27. The zero-order chi connectivity index (χ0) is 10.5. The number of hydrogen-bond donors (Lipinski definition) is 3. The van der Waals surface area contributed by atoms with Gasteiger partial charge in [-0.1, -0.05) is 0 Å². The van der Waals surface area contributed by atoms with E-state index in [2.05, 4.69) is 0 Å². The van der Waals surface area contributed by atoms with E-state index in [4.69, 9.17) is 10.2 Å². The van der Waals surface area contributed by atoms with Crippen molar-refractivity contribution in [3.8, 4) is 0 Å². The molecule has 0 heterocycles. The Bertz CT molecular complexity index is 287. The molecule has 0 unspecified atom stereocenters. The van der Waals surface area contributed by atoms with Crippen molar-refractivity contribution in [1.29, 1.82) is 0 Å². The molecule has 0 spiro atoms. The summed E-state index contributed by atoms with van der Waals surface area (Å²) in [5.74, 6) is -4.37. The highest BCUT2D eigenvalue weighted by Crippen LogP contribution is 2.52. The first-order chi connectivity index (χ1) is 6.52. The average molecular weight is 200 g/mol. The van der Waals surface area contributed by atoms with Crippen molar-refractivity contribution in [3.05, 3.63) is 0 Å². The lowest BCUT2D eigenvalue weighted by molar-refractivity contribution is -0.158. The lowest BCUT2D eigenvalue weighted by Crippen LogP contribution is -2.39. The third-order valence-corrected chi connectivity index (χ3v) is 3.54. The SMILES string of the molecule is O=C(O)[C@@H]1[C@@H]2C[C@@H]([C@@H]1C(=O)O)[C@H](O)C2. The minimum absolute atomic E-state index is 0.159. The van der Waals surface area contributed by atoms with Gasteiger partial charge in [-0.25, -0.2) is 0 Å². The van der Waals surface area contributed by atoms with Crippen molar-refractivity contribution in [2.75, 3.05) is 0 Å². The number of rotatable bonds is 2. The summed E-state index contributed by atoms with van der Waals surface area (Å²) < 4.78 is 0. The maximum Gasteiger partial charge on any atom is 0.307 e. The van der Waals surface area contributed by atoms with Crippen molar-refractivity contribution in [1.82, 2.24) is 0 Å². The fourth-order valence-electron chi connectivity index (χ4n) is 3.02. The van der Waals surface area contributed by atoms with Crippen LogP contribution in [0, 0.1) is 23.7 Å². The van der Waals surface area contributed by atoms with E-state index in [9.17, 15) is 14.7 Å². The molecular formula is C9H12O5. The second-order valence-electron chi connectivity index (χ2n) is 4.19. The zero-order valence-corrected chi connectivity index (χ0v) is 7.46. The van der Waals surface area contributed by atoms with E-state index in [0.717, 1.165) is 0 Å². The quantitative estimate of drug-likeness (QED) is 0.573. The monoisotopic (exact) mass is 200 g/mol. The zero-order valence-electron chi connectivity index (χ0n) is 7.46. The van der Waals surface area contributed by atoms with E-state index < -0.39 is 29.9 Å². The van der Waals surface area contributed by atoms with Crippen LogP contribution in [0.4, 0.5) is 0 Å². The average Bonchev–Trinajstić information content (AvgIpc) is 2.58. The van der Waals surface area contributed by atoms with Gasteiger partial charge in [-0.05, 0) is 24.7 Å². The first-order valence-electron chi connectivity index (χ1n) is 4.66. The van der Waals surface area contributed by atoms with Gasteiger partial charge in [0.15, 0.2) is 0 Å². The molecule has 2 bridgehead atoms. The summed E-state index contributed by atoms with van der Waals surface area (Å²) in [6.07, 6.45) is 0.345. The van der Waals surface area contributed by atoms with E-state index in [1.54, 1.807) is 0 Å². The van der Waals surface area contributed by atoms with Crippen molar-refractivity contribution in [3.63, 3.8) is 0 Å². The van der Waals surface area contributed by atoms with Gasteiger partial charge in [0.2, 0.25) is 0 Å². The highest BCUT2D eigenvalue weighted by atomic mass is 16.4. The van der Waals surface area contributed by atoms with E-state index in [0.29, 0.717) is 12.8 Å². The molecule has 2 aliphatic rings. The van der Waals surface area contributed by atoms with Crippen LogP contribution in [-0.4, -0.2) is 33.4 Å². The van der Waals surface area contributed by atoms with Gasteiger partial charge in [-0.2, -0.15) is 0 Å². The summed E-state index contributed by atoms with van der Waals surface area (Å²) >= 11 is 0. The number of aliphatic hydroxyl groups excluding tert-OH is 1. The molecule has 0 amide bonds. The summed E-state index contributed by atoms with van der Waals surface area (Å²) in [5, 5.41) is 27.3. The van der Waals surface area contributed by atoms with Crippen molar-refractivity contribution in [2.45, 2.75) is 18.9 Å². The molecule has 2 rings (SSSR count). The summed E-state index contributed by atoms with van der Waals surface area (Å²) in [4.78, 5) is 21.7. The molecule has 5 nitrogen and oxygen atoms in total. The number of carboxylic acids is 2. The number of aliphatic carboxylic acids is 2. The molecule has 0 aromatic heterocycles. The predicted octanol–water partition coefficient (Wildman–Crippen LogP) is -0.211. The highest BCUT2D eigenvalue weighted by Gasteiger charge is 2.58. The third-order valence-electron chi connectivity index (χ3n) is 3.54. The van der Waals surface area contributed by atoms with Gasteiger partial charge in [0.1, 0.15) is 0 Å². The molecule has 0 saturated heterocycles. The fourth-order valence-corrected chi connectivity index (χ4v) is 3.02. The van der Waals surface area contributed by atoms with Crippen LogP contribution < -0.4 is 0 Å². The Balaban J connectivity index is 2.27. The summed E-state index contributed by atoms with van der Waals surface area (Å²) in [6, 6.07) is 0. The molecule has 2 aliphatic carbocycles. The van der Waals surface area contributed by atoms with E-state index in [1.807, 2.05) is 0 Å². The van der Waals surface area contributed by atoms with Gasteiger partial charge in [0, 0.05) is 0 Å². The van der Waals surface area contributed by atoms with E-state index in [-0.39, 0.29) is 11.8 Å². The minimum atomic E-state index is -1.09. The van der Waals surface area contributed by atoms with Crippen LogP contribution in [0.1, 0.15) is 12.8 Å². The highest BCUT2D eigenvalue weighted by molar-refractivity contribution is 5.81. The first kappa shape index (κ1) is 9.45. The van der Waals surface area contributed by atoms with E-state index in [1.165, 1.54) is 0 Å². The van der Waals surface area contributed by atoms with Gasteiger partial charge in [-0.15, -0.1) is 0 Å². The van der Waals surface area contributed by atoms with Crippen molar-refractivity contribution in [2.24, 2.45) is 23.7 Å². The molecule has 5 heteroatoms. The van der Waals surface area contributed by atoms with E-state index >= 15 is 0 Å². The molecule has 0 aromatic carbocycles. The molecule has 78 valence electrons. The van der Waals surface area contributed by atoms with Crippen LogP contribution in [0.25, 0.3) is 0 Å². The fraction of sp³-hybridized carbons (Fsp3) is 0.778. The normalized spacial score (nSPS) is 45.4. The van der Waals surface area contributed by atoms with Gasteiger partial charge in [0.25, 0.3) is 0 Å². The van der Waals surface area contributed by atoms with Crippen LogP contribution >= 0.6 is 0 Å². The lowest BCUT2D eigenvalue weighted by atomic mass is 9.78. The molecule has 5 atom stereocenters. The number of carboxylic acid groups (broad SMARTS) is 2. The minimum Gasteiger partial charge on any atom is -0.481 e. The smallest absolute Gasteiger partial charge is 0.307 e. The maximum absolute atomic E-state index is 10.9. The Kier molecular flexibility index (Phi) is 1.99. The van der Waals surface area contributed by atoms with Crippen molar-refractivity contribution < 1.29 is 24.9 Å². The topological polar surface area (TPSA) is 94.8 Å². The Labute approximate surface area is 80.4 Å². The molecule has 0 aromatic rings. The molecule has 2 saturated carbocycles. The maximum atomic E-state index is 10.9. The molecular weight excluding hydrogens is 188 g/mol. The standard InChI is InChI=1S/C9H12O5/c10-5-2-3-1-4(5)7(9(13)14)6(3)8(11)12/h3-7,10H,1-2H2,(H,11,12)(H,13,14)/t3-,4-,5-,6-,7+/m1/s1. The van der Waals surface area contributed by atoms with Crippen LogP contribution in [0.15, 0.2) is 0 Å². The van der Waals surface area contributed by atoms with Gasteiger partial charge in [-0.3, -0.25) is 9.59 Å². The predicted molar refractivity (Wildman–Crippen MR) is 44.5 cm³/mol. The summed E-state index contributed by atoms with van der Waals surface area (Å²) in [7, 11) is 0. The number of carbonyl (C=O) groups is 2. The van der Waals surface area contributed by atoms with Crippen LogP contribution in [-0.2, 0) is 9.59 Å². The third kappa shape index (κ3) is 1.12. The second-order valence-corrected chi connectivity index (χ2v) is 4.19. The number of hydrogen-bond acceptors (Lipinski definition) is 3. The number of aliphatic hydroxyl groups is 1. The Morgan fingerprint density at radius 1 is 1.00 bits per heavy atom. The second kappa shape index (κ2) is 2.95. The number of fused-ring (bicyclic) bond motifs is 2. The van der Waals surface area contributed by atoms with Crippen LogP contribution in [0.2, 0.25) is 0 Å². The Morgan fingerprint density at radius 3 is 2.07 bits per heavy atom. The van der Waals surface area contributed by atoms with Gasteiger partial charge < -0.3 is 15.3 Å². The molecule has 3 N–H and O–H groups in total. The largest absolute Gasteiger partial charge is 0.481 e.